The number of pyridine rings is 1. The Kier molecular flexibility index (Phi) is 3.16. The summed E-state index contributed by atoms with van der Waals surface area (Å²) in [6.07, 6.45) is 3.93. The Morgan fingerprint density at radius 3 is 3.20 bits per heavy atom. The van der Waals surface area contributed by atoms with Gasteiger partial charge in [-0.25, -0.2) is 4.98 Å². The molecule has 1 aromatic rings. The smallest absolute Gasteiger partial charge is 0.214 e. The van der Waals surface area contributed by atoms with Gasteiger partial charge in [0.1, 0.15) is 0 Å². The lowest BCUT2D eigenvalue weighted by Gasteiger charge is -2.33. The molecule has 1 aromatic heterocycles. The minimum absolute atomic E-state index is 0.259. The Morgan fingerprint density at radius 1 is 1.60 bits per heavy atom. The molecule has 1 fully saturated rings. The molecule has 2 rings (SSSR count). The SMILES string of the molecule is COC1CCCN(c2ccnc(F)c2)C1. The lowest BCUT2D eigenvalue weighted by atomic mass is 10.1. The van der Waals surface area contributed by atoms with Gasteiger partial charge in [-0.2, -0.15) is 4.39 Å². The number of anilines is 1. The van der Waals surface area contributed by atoms with Gasteiger partial charge in [-0.15, -0.1) is 0 Å². The van der Waals surface area contributed by atoms with Crippen LogP contribution < -0.4 is 4.90 Å². The molecular formula is C11H15FN2O. The van der Waals surface area contributed by atoms with E-state index in [1.165, 1.54) is 12.3 Å². The molecule has 1 aliphatic heterocycles. The molecule has 3 nitrogen and oxygen atoms in total. The molecule has 0 saturated carbocycles. The third kappa shape index (κ3) is 2.45. The van der Waals surface area contributed by atoms with Gasteiger partial charge < -0.3 is 9.64 Å². The standard InChI is InChI=1S/C11H15FN2O/c1-15-10-3-2-6-14(8-10)9-4-5-13-11(12)7-9/h4-5,7,10H,2-3,6,8H2,1H3. The fraction of sp³-hybridized carbons (Fsp3) is 0.545. The summed E-state index contributed by atoms with van der Waals surface area (Å²) in [5.74, 6) is -0.424. The third-order valence-electron chi connectivity index (χ3n) is 2.79. The van der Waals surface area contributed by atoms with Crippen LogP contribution in [0.15, 0.2) is 18.3 Å². The fourth-order valence-electron chi connectivity index (χ4n) is 1.95. The summed E-state index contributed by atoms with van der Waals surface area (Å²) in [5.41, 5.74) is 0.893. The topological polar surface area (TPSA) is 25.4 Å². The molecule has 82 valence electrons. The Morgan fingerprint density at radius 2 is 2.47 bits per heavy atom. The number of aromatic nitrogens is 1. The molecule has 0 bridgehead atoms. The molecule has 0 spiro atoms. The first-order chi connectivity index (χ1) is 7.29. The number of piperidine rings is 1. The Balaban J connectivity index is 2.09. The maximum atomic E-state index is 12.9. The van der Waals surface area contributed by atoms with Crippen molar-refractivity contribution < 1.29 is 9.13 Å². The second-order valence-corrected chi connectivity index (χ2v) is 3.78. The number of hydrogen-bond acceptors (Lipinski definition) is 3. The first kappa shape index (κ1) is 10.4. The first-order valence-corrected chi connectivity index (χ1v) is 5.19. The van der Waals surface area contributed by atoms with Crippen LogP contribution in [0.2, 0.25) is 0 Å². The van der Waals surface area contributed by atoms with Gasteiger partial charge in [-0.1, -0.05) is 0 Å². The van der Waals surface area contributed by atoms with Crippen molar-refractivity contribution in [3.63, 3.8) is 0 Å². The number of methoxy groups -OCH3 is 1. The van der Waals surface area contributed by atoms with Crippen molar-refractivity contribution >= 4 is 5.69 Å². The van der Waals surface area contributed by atoms with Crippen LogP contribution in [0.4, 0.5) is 10.1 Å². The van der Waals surface area contributed by atoms with E-state index in [1.807, 2.05) is 6.07 Å². The maximum Gasteiger partial charge on any atom is 0.214 e. The molecule has 0 aliphatic carbocycles. The van der Waals surface area contributed by atoms with Gasteiger partial charge in [0.25, 0.3) is 0 Å². The number of rotatable bonds is 2. The molecule has 2 heterocycles. The molecule has 1 atom stereocenters. The zero-order valence-corrected chi connectivity index (χ0v) is 8.82. The molecule has 1 aliphatic rings. The quantitative estimate of drug-likeness (QED) is 0.696. The van der Waals surface area contributed by atoms with Crippen LogP contribution in [-0.4, -0.2) is 31.3 Å². The minimum Gasteiger partial charge on any atom is -0.380 e. The van der Waals surface area contributed by atoms with Crippen molar-refractivity contribution in [1.82, 2.24) is 4.98 Å². The normalized spacial score (nSPS) is 21.7. The van der Waals surface area contributed by atoms with E-state index in [9.17, 15) is 4.39 Å². The second-order valence-electron chi connectivity index (χ2n) is 3.78. The van der Waals surface area contributed by atoms with Gasteiger partial charge in [0.2, 0.25) is 5.95 Å². The highest BCUT2D eigenvalue weighted by atomic mass is 19.1. The molecular weight excluding hydrogens is 195 g/mol. The van der Waals surface area contributed by atoms with Crippen LogP contribution in [0.25, 0.3) is 0 Å². The van der Waals surface area contributed by atoms with E-state index in [4.69, 9.17) is 4.74 Å². The summed E-state index contributed by atoms with van der Waals surface area (Å²) in [6.45, 7) is 1.79. The number of ether oxygens (including phenoxy) is 1. The van der Waals surface area contributed by atoms with E-state index in [0.717, 1.165) is 31.6 Å². The van der Waals surface area contributed by atoms with Crippen LogP contribution in [0, 0.1) is 5.95 Å². The summed E-state index contributed by atoms with van der Waals surface area (Å²) in [6, 6.07) is 3.30. The molecule has 0 amide bonds. The van der Waals surface area contributed by atoms with Crippen molar-refractivity contribution in [1.29, 1.82) is 0 Å². The van der Waals surface area contributed by atoms with Crippen LogP contribution in [0.5, 0.6) is 0 Å². The van der Waals surface area contributed by atoms with Crippen LogP contribution in [-0.2, 0) is 4.74 Å². The Hall–Kier alpha value is -1.16. The molecule has 0 radical (unpaired) electrons. The van der Waals surface area contributed by atoms with Crippen molar-refractivity contribution in [2.75, 3.05) is 25.1 Å². The molecule has 4 heteroatoms. The summed E-state index contributed by atoms with van der Waals surface area (Å²) < 4.78 is 18.3. The van der Waals surface area contributed by atoms with Crippen LogP contribution in [0.1, 0.15) is 12.8 Å². The number of nitrogens with zero attached hydrogens (tertiary/aromatic N) is 2. The highest BCUT2D eigenvalue weighted by molar-refractivity contribution is 5.45. The average Bonchev–Trinajstić information content (AvgIpc) is 2.29. The summed E-state index contributed by atoms with van der Waals surface area (Å²) >= 11 is 0. The molecule has 1 unspecified atom stereocenters. The van der Waals surface area contributed by atoms with Gasteiger partial charge in [0.15, 0.2) is 0 Å². The van der Waals surface area contributed by atoms with Crippen molar-refractivity contribution in [2.45, 2.75) is 18.9 Å². The highest BCUT2D eigenvalue weighted by Gasteiger charge is 2.19. The zero-order chi connectivity index (χ0) is 10.7. The Bertz CT molecular complexity index is 332. The van der Waals surface area contributed by atoms with E-state index >= 15 is 0 Å². The maximum absolute atomic E-state index is 12.9. The van der Waals surface area contributed by atoms with E-state index < -0.39 is 5.95 Å². The van der Waals surface area contributed by atoms with Gasteiger partial charge >= 0.3 is 0 Å². The summed E-state index contributed by atoms with van der Waals surface area (Å²) in [7, 11) is 1.72. The van der Waals surface area contributed by atoms with Gasteiger partial charge in [-0.3, -0.25) is 0 Å². The van der Waals surface area contributed by atoms with Crippen molar-refractivity contribution in [2.24, 2.45) is 0 Å². The summed E-state index contributed by atoms with van der Waals surface area (Å²) in [5, 5.41) is 0. The fourth-order valence-corrected chi connectivity index (χ4v) is 1.95. The monoisotopic (exact) mass is 210 g/mol. The van der Waals surface area contributed by atoms with Crippen molar-refractivity contribution in [3.8, 4) is 0 Å². The Labute approximate surface area is 88.9 Å². The number of hydrogen-bond donors (Lipinski definition) is 0. The third-order valence-corrected chi connectivity index (χ3v) is 2.79. The highest BCUT2D eigenvalue weighted by Crippen LogP contribution is 2.20. The van der Waals surface area contributed by atoms with Gasteiger partial charge in [0, 0.05) is 38.1 Å². The minimum atomic E-state index is -0.424. The van der Waals surface area contributed by atoms with E-state index in [-0.39, 0.29) is 6.10 Å². The summed E-state index contributed by atoms with van der Waals surface area (Å²) in [4.78, 5) is 5.69. The molecule has 0 aromatic carbocycles. The lowest BCUT2D eigenvalue weighted by Crippen LogP contribution is -2.39. The number of halogens is 1. The second kappa shape index (κ2) is 4.57. The van der Waals surface area contributed by atoms with Gasteiger partial charge in [0.05, 0.1) is 6.10 Å². The predicted octanol–water partition coefficient (Wildman–Crippen LogP) is 1.84. The largest absolute Gasteiger partial charge is 0.380 e. The lowest BCUT2D eigenvalue weighted by molar-refractivity contribution is 0.0893. The molecule has 15 heavy (non-hydrogen) atoms. The van der Waals surface area contributed by atoms with E-state index in [2.05, 4.69) is 9.88 Å². The predicted molar refractivity (Wildman–Crippen MR) is 56.4 cm³/mol. The van der Waals surface area contributed by atoms with Crippen LogP contribution in [0.3, 0.4) is 0 Å². The zero-order valence-electron chi connectivity index (χ0n) is 8.82. The first-order valence-electron chi connectivity index (χ1n) is 5.19. The van der Waals surface area contributed by atoms with Gasteiger partial charge in [-0.05, 0) is 18.9 Å². The average molecular weight is 210 g/mol. The van der Waals surface area contributed by atoms with Crippen LogP contribution >= 0.6 is 0 Å². The van der Waals surface area contributed by atoms with E-state index in [1.54, 1.807) is 7.11 Å². The molecule has 1 saturated heterocycles. The molecule has 0 N–H and O–H groups in total. The van der Waals surface area contributed by atoms with E-state index in [0.29, 0.717) is 0 Å². The van der Waals surface area contributed by atoms with Crippen molar-refractivity contribution in [3.05, 3.63) is 24.3 Å².